The van der Waals surface area contributed by atoms with Gasteiger partial charge in [0.2, 0.25) is 0 Å². The van der Waals surface area contributed by atoms with E-state index in [1.165, 1.54) is 6.07 Å². The molecule has 0 unspecified atom stereocenters. The molecule has 0 radical (unpaired) electrons. The van der Waals surface area contributed by atoms with E-state index in [1.54, 1.807) is 11.7 Å². The van der Waals surface area contributed by atoms with Crippen LogP contribution in [0.4, 0.5) is 8.78 Å². The number of ether oxygens (including phenoxy) is 1. The molecular weight excluding hydrogens is 352 g/mol. The molecule has 0 amide bonds. The zero-order chi connectivity index (χ0) is 19.2. The second kappa shape index (κ2) is 7.02. The van der Waals surface area contributed by atoms with Crippen LogP contribution in [0.25, 0.3) is 11.0 Å². The van der Waals surface area contributed by atoms with Gasteiger partial charge in [0.05, 0.1) is 11.6 Å². The third-order valence-electron chi connectivity index (χ3n) is 6.68. The van der Waals surface area contributed by atoms with E-state index in [0.717, 1.165) is 57.7 Å². The van der Waals surface area contributed by atoms with Gasteiger partial charge in [-0.2, -0.15) is 0 Å². The van der Waals surface area contributed by atoms with Crippen LogP contribution in [0.1, 0.15) is 51.5 Å². The Labute approximate surface area is 157 Å². The third-order valence-corrected chi connectivity index (χ3v) is 6.68. The van der Waals surface area contributed by atoms with Crippen molar-refractivity contribution in [2.45, 2.75) is 63.1 Å². The van der Waals surface area contributed by atoms with Crippen molar-refractivity contribution >= 4 is 11.0 Å². The molecule has 4 rings (SSSR count). The van der Waals surface area contributed by atoms with Crippen molar-refractivity contribution in [2.75, 3.05) is 20.2 Å². The first kappa shape index (κ1) is 18.6. The first-order valence-electron chi connectivity index (χ1n) is 9.78. The average Bonchev–Trinajstić information content (AvgIpc) is 2.99. The van der Waals surface area contributed by atoms with Crippen LogP contribution in [-0.4, -0.2) is 46.3 Å². The van der Waals surface area contributed by atoms with Crippen molar-refractivity contribution in [2.24, 2.45) is 0 Å². The maximum Gasteiger partial charge on any atom is 0.326 e. The van der Waals surface area contributed by atoms with Crippen LogP contribution < -0.4 is 5.69 Å². The van der Waals surface area contributed by atoms with Crippen LogP contribution in [0.3, 0.4) is 0 Å². The molecule has 1 aliphatic carbocycles. The number of rotatable bonds is 3. The summed E-state index contributed by atoms with van der Waals surface area (Å²) in [6.07, 6.45) is 6.34. The van der Waals surface area contributed by atoms with E-state index in [4.69, 9.17) is 4.74 Å². The largest absolute Gasteiger partial charge is 0.381 e. The Morgan fingerprint density at radius 1 is 1.15 bits per heavy atom. The normalized spacial score (nSPS) is 28.1. The van der Waals surface area contributed by atoms with Gasteiger partial charge in [0, 0.05) is 43.9 Å². The van der Waals surface area contributed by atoms with Gasteiger partial charge in [-0.15, -0.1) is 0 Å². The van der Waals surface area contributed by atoms with Gasteiger partial charge in [-0.25, -0.2) is 13.6 Å². The van der Waals surface area contributed by atoms with E-state index in [2.05, 4.69) is 16.8 Å². The highest BCUT2D eigenvalue weighted by atomic mass is 19.1. The van der Waals surface area contributed by atoms with Gasteiger partial charge in [-0.3, -0.25) is 9.47 Å². The molecule has 1 N–H and O–H groups in total. The van der Waals surface area contributed by atoms with Crippen molar-refractivity contribution in [1.29, 1.82) is 0 Å². The molecule has 1 aliphatic heterocycles. The molecule has 2 fully saturated rings. The summed E-state index contributed by atoms with van der Waals surface area (Å²) < 4.78 is 34.7. The molecule has 0 spiro atoms. The van der Waals surface area contributed by atoms with Crippen LogP contribution in [0.2, 0.25) is 0 Å². The minimum Gasteiger partial charge on any atom is -0.381 e. The lowest BCUT2D eigenvalue weighted by molar-refractivity contribution is -0.0146. The lowest BCUT2D eigenvalue weighted by atomic mass is 9.79. The number of benzene rings is 1. The molecule has 1 aromatic heterocycles. The minimum atomic E-state index is -0.722. The number of aromatic amines is 1. The molecule has 7 heteroatoms. The number of imidazole rings is 1. The van der Waals surface area contributed by atoms with Gasteiger partial charge in [0.15, 0.2) is 5.82 Å². The van der Waals surface area contributed by atoms with E-state index in [9.17, 15) is 13.6 Å². The Bertz CT molecular complexity index is 875. The van der Waals surface area contributed by atoms with E-state index in [-0.39, 0.29) is 22.8 Å². The molecule has 0 atom stereocenters. The molecule has 148 valence electrons. The Kier molecular flexibility index (Phi) is 4.84. The van der Waals surface area contributed by atoms with Crippen LogP contribution in [0.15, 0.2) is 16.9 Å². The highest BCUT2D eigenvalue weighted by Crippen LogP contribution is 2.37. The number of likely N-dealkylation sites (tertiary alicyclic amines) is 1. The van der Waals surface area contributed by atoms with Crippen molar-refractivity contribution in [3.05, 3.63) is 34.3 Å². The minimum absolute atomic E-state index is 0.0392. The Morgan fingerprint density at radius 3 is 2.44 bits per heavy atom. The van der Waals surface area contributed by atoms with Gasteiger partial charge in [-0.05, 0) is 45.4 Å². The summed E-state index contributed by atoms with van der Waals surface area (Å²) in [6.45, 7) is 4.09. The summed E-state index contributed by atoms with van der Waals surface area (Å²) in [4.78, 5) is 17.5. The Balaban J connectivity index is 1.51. The van der Waals surface area contributed by atoms with Crippen molar-refractivity contribution in [3.8, 4) is 0 Å². The summed E-state index contributed by atoms with van der Waals surface area (Å²) in [5.74, 6) is -1.38. The smallest absolute Gasteiger partial charge is 0.326 e. The van der Waals surface area contributed by atoms with Crippen molar-refractivity contribution < 1.29 is 13.5 Å². The average molecular weight is 379 g/mol. The fraction of sp³-hybridized carbons (Fsp3) is 0.650. The van der Waals surface area contributed by atoms with Crippen LogP contribution in [0, 0.1) is 11.6 Å². The number of hydrogen-bond acceptors (Lipinski definition) is 3. The molecule has 1 aromatic carbocycles. The number of nitrogens with zero attached hydrogens (tertiary/aromatic N) is 2. The molecule has 0 bridgehead atoms. The number of halogens is 2. The maximum atomic E-state index is 14.0. The number of methoxy groups -OCH3 is 1. The van der Waals surface area contributed by atoms with E-state index in [1.807, 2.05) is 0 Å². The molecule has 1 saturated carbocycles. The number of nitrogens with one attached hydrogen (secondary N) is 1. The third kappa shape index (κ3) is 3.31. The highest BCUT2D eigenvalue weighted by molar-refractivity contribution is 5.76. The molecule has 2 aromatic rings. The molecule has 2 aliphatic rings. The SMILES string of the molecule is COC1CCC(C)(N2CCC(n3c(=O)[nH]c4c(F)cc(F)cc43)CC2)CC1. The first-order chi connectivity index (χ1) is 12.9. The summed E-state index contributed by atoms with van der Waals surface area (Å²) in [5, 5.41) is 0. The molecular formula is C20H27F2N3O2. The van der Waals surface area contributed by atoms with Gasteiger partial charge in [0.25, 0.3) is 0 Å². The van der Waals surface area contributed by atoms with E-state index in [0.29, 0.717) is 11.6 Å². The van der Waals surface area contributed by atoms with Crippen LogP contribution in [0.5, 0.6) is 0 Å². The summed E-state index contributed by atoms with van der Waals surface area (Å²) in [7, 11) is 1.78. The fourth-order valence-corrected chi connectivity index (χ4v) is 4.94. The predicted octanol–water partition coefficient (Wildman–Crippen LogP) is 3.59. The lowest BCUT2D eigenvalue weighted by Gasteiger charge is -2.48. The molecule has 2 heterocycles. The van der Waals surface area contributed by atoms with E-state index < -0.39 is 11.6 Å². The number of piperidine rings is 1. The molecule has 1 saturated heterocycles. The number of aromatic nitrogens is 2. The number of fused-ring (bicyclic) bond motifs is 1. The van der Waals surface area contributed by atoms with Crippen LogP contribution in [-0.2, 0) is 4.74 Å². The monoisotopic (exact) mass is 379 g/mol. The zero-order valence-corrected chi connectivity index (χ0v) is 15.9. The first-order valence-corrected chi connectivity index (χ1v) is 9.78. The summed E-state index contributed by atoms with van der Waals surface area (Å²) >= 11 is 0. The van der Waals surface area contributed by atoms with Crippen LogP contribution >= 0.6 is 0 Å². The number of H-pyrrole nitrogens is 1. The van der Waals surface area contributed by atoms with Gasteiger partial charge in [0.1, 0.15) is 11.3 Å². The van der Waals surface area contributed by atoms with E-state index >= 15 is 0 Å². The highest BCUT2D eigenvalue weighted by Gasteiger charge is 2.38. The van der Waals surface area contributed by atoms with Gasteiger partial charge in [-0.1, -0.05) is 0 Å². The summed E-state index contributed by atoms with van der Waals surface area (Å²) in [5.41, 5.74) is 0.222. The quantitative estimate of drug-likeness (QED) is 0.887. The fourth-order valence-electron chi connectivity index (χ4n) is 4.94. The molecule has 27 heavy (non-hydrogen) atoms. The summed E-state index contributed by atoms with van der Waals surface area (Å²) in [6, 6.07) is 2.01. The van der Waals surface area contributed by atoms with Gasteiger partial charge >= 0.3 is 5.69 Å². The molecule has 5 nitrogen and oxygen atoms in total. The number of hydrogen-bond donors (Lipinski definition) is 1. The van der Waals surface area contributed by atoms with Crippen molar-refractivity contribution in [3.63, 3.8) is 0 Å². The lowest BCUT2D eigenvalue weighted by Crippen LogP contribution is -2.52. The second-order valence-corrected chi connectivity index (χ2v) is 8.23. The maximum absolute atomic E-state index is 14.0. The Hall–Kier alpha value is -1.73. The zero-order valence-electron chi connectivity index (χ0n) is 15.9. The topological polar surface area (TPSA) is 50.3 Å². The Morgan fingerprint density at radius 2 is 1.81 bits per heavy atom. The predicted molar refractivity (Wildman–Crippen MR) is 100.0 cm³/mol. The van der Waals surface area contributed by atoms with Gasteiger partial charge < -0.3 is 9.72 Å². The second-order valence-electron chi connectivity index (χ2n) is 8.23. The van der Waals surface area contributed by atoms with Crippen molar-refractivity contribution in [1.82, 2.24) is 14.5 Å². The standard InChI is InChI=1S/C20H27F2N3O2/c1-20(7-3-15(27-2)4-8-20)24-9-5-14(6-10-24)25-17-12-13(21)11-16(22)18(17)23-19(25)26/h11-12,14-15H,3-10H2,1-2H3,(H,23,26).